The number of methoxy groups -OCH3 is 1. The molecule has 1 N–H and O–H groups in total. The molecule has 1 aliphatic rings. The van der Waals surface area contributed by atoms with Crippen molar-refractivity contribution in [1.82, 2.24) is 4.57 Å². The van der Waals surface area contributed by atoms with Crippen molar-refractivity contribution in [3.05, 3.63) is 59.8 Å². The maximum atomic E-state index is 10.7. The van der Waals surface area contributed by atoms with Gasteiger partial charge in [-0.15, -0.1) is 0 Å². The van der Waals surface area contributed by atoms with Gasteiger partial charge < -0.3 is 19.1 Å². The number of hydrogen-bond donors (Lipinski definition) is 1. The predicted octanol–water partition coefficient (Wildman–Crippen LogP) is 4.98. The van der Waals surface area contributed by atoms with Crippen LogP contribution >= 0.6 is 0 Å². The lowest BCUT2D eigenvalue weighted by atomic mass is 9.84. The highest BCUT2D eigenvalue weighted by Gasteiger charge is 2.39. The van der Waals surface area contributed by atoms with Crippen molar-refractivity contribution in [3.8, 4) is 11.5 Å². The molecule has 0 saturated carbocycles. The number of ether oxygens (including phenoxy) is 2. The molecule has 0 amide bonds. The summed E-state index contributed by atoms with van der Waals surface area (Å²) >= 11 is 0. The minimum atomic E-state index is -0.151. The van der Waals surface area contributed by atoms with Crippen molar-refractivity contribution in [2.24, 2.45) is 7.05 Å². The van der Waals surface area contributed by atoms with Crippen LogP contribution in [0.5, 0.6) is 11.5 Å². The van der Waals surface area contributed by atoms with E-state index in [2.05, 4.69) is 55.9 Å². The van der Waals surface area contributed by atoms with E-state index in [9.17, 15) is 5.11 Å². The van der Waals surface area contributed by atoms with Crippen LogP contribution in [0.25, 0.3) is 10.9 Å². The number of aromatic hydroxyl groups is 1. The SMILES string of the molecule is COc1ccc(O)c([C@@H](c2cn(C)c3ccccc23)[C@H]2CCC(C)(C)O2)c1. The van der Waals surface area contributed by atoms with Crippen molar-refractivity contribution in [3.63, 3.8) is 0 Å². The molecule has 1 fully saturated rings. The molecule has 4 rings (SSSR count). The minimum Gasteiger partial charge on any atom is -0.508 e. The van der Waals surface area contributed by atoms with Crippen molar-refractivity contribution >= 4 is 10.9 Å². The molecule has 0 spiro atoms. The summed E-state index contributed by atoms with van der Waals surface area (Å²) in [5, 5.41) is 11.9. The Kier molecular flexibility index (Phi) is 4.39. The molecule has 142 valence electrons. The van der Waals surface area contributed by atoms with Crippen LogP contribution in [0, 0.1) is 0 Å². The van der Waals surface area contributed by atoms with E-state index >= 15 is 0 Å². The van der Waals surface area contributed by atoms with E-state index in [1.807, 2.05) is 6.07 Å². The van der Waals surface area contributed by atoms with Crippen LogP contribution in [0.15, 0.2) is 48.7 Å². The van der Waals surface area contributed by atoms with Gasteiger partial charge >= 0.3 is 0 Å². The highest BCUT2D eigenvalue weighted by atomic mass is 16.5. The average Bonchev–Trinajstić information content (AvgIpc) is 3.17. The molecule has 0 bridgehead atoms. The van der Waals surface area contributed by atoms with E-state index in [4.69, 9.17) is 9.47 Å². The topological polar surface area (TPSA) is 43.6 Å². The summed E-state index contributed by atoms with van der Waals surface area (Å²) in [6.07, 6.45) is 4.13. The number of nitrogens with zero attached hydrogens (tertiary/aromatic N) is 1. The molecule has 4 nitrogen and oxygen atoms in total. The van der Waals surface area contributed by atoms with E-state index in [0.717, 1.165) is 24.2 Å². The average molecular weight is 365 g/mol. The summed E-state index contributed by atoms with van der Waals surface area (Å²) in [6.45, 7) is 4.27. The number of benzene rings is 2. The minimum absolute atomic E-state index is 0.00353. The first-order valence-electron chi connectivity index (χ1n) is 9.48. The zero-order valence-electron chi connectivity index (χ0n) is 16.4. The third kappa shape index (κ3) is 3.19. The fourth-order valence-corrected chi connectivity index (χ4v) is 4.35. The van der Waals surface area contributed by atoms with Gasteiger partial charge in [0.2, 0.25) is 0 Å². The second-order valence-electron chi connectivity index (χ2n) is 8.07. The van der Waals surface area contributed by atoms with Gasteiger partial charge in [-0.05, 0) is 56.5 Å². The number of phenolic OH excluding ortho intramolecular Hbond substituents is 1. The van der Waals surface area contributed by atoms with Crippen LogP contribution in [0.4, 0.5) is 0 Å². The van der Waals surface area contributed by atoms with Crippen LogP contribution in [0.1, 0.15) is 43.7 Å². The van der Waals surface area contributed by atoms with Crippen molar-refractivity contribution in [2.45, 2.75) is 44.3 Å². The Morgan fingerprint density at radius 3 is 2.67 bits per heavy atom. The summed E-state index contributed by atoms with van der Waals surface area (Å²) in [4.78, 5) is 0. The number of hydrogen-bond acceptors (Lipinski definition) is 3. The zero-order chi connectivity index (χ0) is 19.2. The van der Waals surface area contributed by atoms with Crippen molar-refractivity contribution in [2.75, 3.05) is 7.11 Å². The van der Waals surface area contributed by atoms with Gasteiger partial charge in [0, 0.05) is 35.6 Å². The van der Waals surface area contributed by atoms with Crippen molar-refractivity contribution < 1.29 is 14.6 Å². The Hall–Kier alpha value is -2.46. The fraction of sp³-hybridized carbons (Fsp3) is 0.391. The molecule has 2 heterocycles. The predicted molar refractivity (Wildman–Crippen MR) is 108 cm³/mol. The molecule has 27 heavy (non-hydrogen) atoms. The van der Waals surface area contributed by atoms with E-state index in [1.165, 1.54) is 16.5 Å². The van der Waals surface area contributed by atoms with E-state index in [1.54, 1.807) is 19.2 Å². The number of fused-ring (bicyclic) bond motifs is 1. The van der Waals surface area contributed by atoms with Crippen LogP contribution in [0.3, 0.4) is 0 Å². The molecule has 4 heteroatoms. The largest absolute Gasteiger partial charge is 0.508 e. The normalized spacial score (nSPS) is 20.1. The summed E-state index contributed by atoms with van der Waals surface area (Å²) in [5.41, 5.74) is 3.06. The molecular weight excluding hydrogens is 338 g/mol. The standard InChI is InChI=1S/C23H27NO3/c1-23(2)12-11-21(27-23)22(17-13-15(26-4)9-10-20(17)25)18-14-24(3)19-8-6-5-7-16(18)19/h5-10,13-14,21-22,25H,11-12H2,1-4H3/t21-,22+/m1/s1. The molecule has 0 aliphatic carbocycles. The number of aryl methyl sites for hydroxylation is 1. The Labute approximate surface area is 160 Å². The summed E-state index contributed by atoms with van der Waals surface area (Å²) in [6, 6.07) is 13.8. The molecule has 2 atom stereocenters. The van der Waals surface area contributed by atoms with Crippen LogP contribution in [-0.2, 0) is 11.8 Å². The van der Waals surface area contributed by atoms with Gasteiger partial charge in [0.15, 0.2) is 0 Å². The molecule has 2 aromatic carbocycles. The lowest BCUT2D eigenvalue weighted by Gasteiger charge is -2.27. The zero-order valence-corrected chi connectivity index (χ0v) is 16.4. The monoisotopic (exact) mass is 365 g/mol. The molecular formula is C23H27NO3. The second kappa shape index (κ2) is 6.61. The number of phenols is 1. The summed E-state index contributed by atoms with van der Waals surface area (Å²) in [5.74, 6) is 0.959. The van der Waals surface area contributed by atoms with Crippen LogP contribution in [0.2, 0.25) is 0 Å². The van der Waals surface area contributed by atoms with Crippen LogP contribution in [-0.4, -0.2) is 28.5 Å². The fourth-order valence-electron chi connectivity index (χ4n) is 4.35. The summed E-state index contributed by atoms with van der Waals surface area (Å²) in [7, 11) is 3.71. The molecule has 0 radical (unpaired) electrons. The Morgan fingerprint density at radius 2 is 1.96 bits per heavy atom. The van der Waals surface area contributed by atoms with E-state index in [-0.39, 0.29) is 23.4 Å². The highest BCUT2D eigenvalue weighted by molar-refractivity contribution is 5.85. The van der Waals surface area contributed by atoms with Crippen LogP contribution < -0.4 is 4.74 Å². The Bertz CT molecular complexity index is 973. The maximum absolute atomic E-state index is 10.7. The number of rotatable bonds is 4. The first kappa shape index (κ1) is 17.9. The molecule has 1 saturated heterocycles. The van der Waals surface area contributed by atoms with Gasteiger partial charge in [0.05, 0.1) is 18.8 Å². The first-order valence-corrected chi connectivity index (χ1v) is 9.48. The van der Waals surface area contributed by atoms with Gasteiger partial charge in [-0.1, -0.05) is 18.2 Å². The number of para-hydroxylation sites is 1. The molecule has 3 aromatic rings. The Balaban J connectivity index is 1.91. The smallest absolute Gasteiger partial charge is 0.119 e. The van der Waals surface area contributed by atoms with Gasteiger partial charge in [0.25, 0.3) is 0 Å². The van der Waals surface area contributed by atoms with E-state index in [0.29, 0.717) is 0 Å². The highest BCUT2D eigenvalue weighted by Crippen LogP contribution is 2.45. The van der Waals surface area contributed by atoms with Gasteiger partial charge in [-0.2, -0.15) is 0 Å². The number of aromatic nitrogens is 1. The third-order valence-electron chi connectivity index (χ3n) is 5.71. The second-order valence-corrected chi connectivity index (χ2v) is 8.07. The van der Waals surface area contributed by atoms with Gasteiger partial charge in [-0.3, -0.25) is 0 Å². The molecule has 1 aliphatic heterocycles. The lowest BCUT2D eigenvalue weighted by Crippen LogP contribution is -2.25. The third-order valence-corrected chi connectivity index (χ3v) is 5.71. The Morgan fingerprint density at radius 1 is 1.19 bits per heavy atom. The maximum Gasteiger partial charge on any atom is 0.119 e. The first-order chi connectivity index (χ1) is 12.9. The molecule has 1 aromatic heterocycles. The van der Waals surface area contributed by atoms with Crippen molar-refractivity contribution in [1.29, 1.82) is 0 Å². The lowest BCUT2D eigenvalue weighted by molar-refractivity contribution is -0.0216. The quantitative estimate of drug-likeness (QED) is 0.709. The van der Waals surface area contributed by atoms with Gasteiger partial charge in [0.1, 0.15) is 11.5 Å². The van der Waals surface area contributed by atoms with E-state index < -0.39 is 0 Å². The van der Waals surface area contributed by atoms with Gasteiger partial charge in [-0.25, -0.2) is 0 Å². The summed E-state index contributed by atoms with van der Waals surface area (Å²) < 4.78 is 14.0. The molecule has 0 unspecified atom stereocenters.